The van der Waals surface area contributed by atoms with Crippen LogP contribution < -0.4 is 10.1 Å². The molecule has 1 aromatic heterocycles. The molecule has 0 radical (unpaired) electrons. The summed E-state index contributed by atoms with van der Waals surface area (Å²) in [7, 11) is 0. The van der Waals surface area contributed by atoms with E-state index in [1.54, 1.807) is 47.6 Å². The molecule has 0 atom stereocenters. The second kappa shape index (κ2) is 10.2. The summed E-state index contributed by atoms with van der Waals surface area (Å²) in [5.41, 5.74) is 0.847. The number of likely N-dealkylation sites (tertiary alicyclic amines) is 1. The number of nitrogens with zero attached hydrogens (tertiary/aromatic N) is 2. The Labute approximate surface area is 200 Å². The highest BCUT2D eigenvalue weighted by atomic mass is 19.4. The van der Waals surface area contributed by atoms with E-state index in [-0.39, 0.29) is 17.6 Å². The lowest BCUT2D eigenvalue weighted by molar-refractivity contribution is -0.137. The lowest BCUT2D eigenvalue weighted by Gasteiger charge is -2.32. The average molecular weight is 483 g/mol. The zero-order chi connectivity index (χ0) is 25.0. The van der Waals surface area contributed by atoms with E-state index in [2.05, 4.69) is 10.3 Å². The third kappa shape index (κ3) is 5.98. The van der Waals surface area contributed by atoms with Crippen LogP contribution in [0.15, 0.2) is 67.0 Å². The molecule has 1 aliphatic rings. The van der Waals surface area contributed by atoms with Gasteiger partial charge < -0.3 is 15.0 Å². The van der Waals surface area contributed by atoms with Gasteiger partial charge in [0, 0.05) is 55.6 Å². The summed E-state index contributed by atoms with van der Waals surface area (Å²) >= 11 is 0. The van der Waals surface area contributed by atoms with Gasteiger partial charge in [0.15, 0.2) is 0 Å². The van der Waals surface area contributed by atoms with Crippen molar-refractivity contribution in [3.63, 3.8) is 0 Å². The summed E-state index contributed by atoms with van der Waals surface area (Å²) in [5.74, 6) is -0.135. The fourth-order valence-electron chi connectivity index (χ4n) is 3.87. The molecule has 1 N–H and O–H groups in total. The van der Waals surface area contributed by atoms with Crippen molar-refractivity contribution in [1.29, 1.82) is 0 Å². The third-order valence-corrected chi connectivity index (χ3v) is 5.83. The zero-order valence-corrected chi connectivity index (χ0v) is 19.0. The van der Waals surface area contributed by atoms with Crippen molar-refractivity contribution in [2.45, 2.75) is 32.0 Å². The van der Waals surface area contributed by atoms with E-state index in [0.29, 0.717) is 42.9 Å². The van der Waals surface area contributed by atoms with Crippen molar-refractivity contribution < 1.29 is 27.5 Å². The molecule has 3 aromatic rings. The Bertz CT molecular complexity index is 1210. The van der Waals surface area contributed by atoms with Crippen LogP contribution in [-0.4, -0.2) is 40.9 Å². The lowest BCUT2D eigenvalue weighted by atomic mass is 10.1. The van der Waals surface area contributed by atoms with Crippen molar-refractivity contribution in [1.82, 2.24) is 9.88 Å². The predicted octanol–water partition coefficient (Wildman–Crippen LogP) is 5.34. The molecular formula is C26H24F3N3O3. The minimum absolute atomic E-state index is 0.0629. The standard InChI is InChI=1S/C26H24F3N3O3/c1-17-7-8-21(31-24(33)18-4-2-6-20(14-18)26(27,28)29)15-23(17)35-22-9-12-32(13-10-22)25(34)19-5-3-11-30-16-19/h2-8,11,14-16,22H,9-10,12-13H2,1H3,(H,31,33). The minimum atomic E-state index is -4.53. The average Bonchev–Trinajstić information content (AvgIpc) is 2.86. The van der Waals surface area contributed by atoms with Crippen LogP contribution in [0.5, 0.6) is 5.75 Å². The van der Waals surface area contributed by atoms with Crippen LogP contribution in [0.3, 0.4) is 0 Å². The van der Waals surface area contributed by atoms with Gasteiger partial charge in [0.25, 0.3) is 11.8 Å². The number of hydrogen-bond donors (Lipinski definition) is 1. The third-order valence-electron chi connectivity index (χ3n) is 5.83. The van der Waals surface area contributed by atoms with Crippen LogP contribution in [-0.2, 0) is 6.18 Å². The number of aryl methyl sites for hydroxylation is 1. The van der Waals surface area contributed by atoms with E-state index in [0.717, 1.165) is 17.7 Å². The lowest BCUT2D eigenvalue weighted by Crippen LogP contribution is -2.41. The van der Waals surface area contributed by atoms with Crippen LogP contribution in [0.25, 0.3) is 0 Å². The van der Waals surface area contributed by atoms with Crippen LogP contribution in [0.2, 0.25) is 0 Å². The molecular weight excluding hydrogens is 459 g/mol. The molecule has 2 amide bonds. The fourth-order valence-corrected chi connectivity index (χ4v) is 3.87. The van der Waals surface area contributed by atoms with Gasteiger partial charge in [0.1, 0.15) is 11.9 Å². The van der Waals surface area contributed by atoms with Crippen LogP contribution in [0.4, 0.5) is 18.9 Å². The highest BCUT2D eigenvalue weighted by Crippen LogP contribution is 2.30. The molecule has 0 unspecified atom stereocenters. The number of aromatic nitrogens is 1. The number of ether oxygens (including phenoxy) is 1. The highest BCUT2D eigenvalue weighted by molar-refractivity contribution is 6.04. The van der Waals surface area contributed by atoms with Gasteiger partial charge in [0.2, 0.25) is 0 Å². The molecule has 1 aliphatic heterocycles. The second-order valence-electron chi connectivity index (χ2n) is 8.36. The Morgan fingerprint density at radius 1 is 1.03 bits per heavy atom. The van der Waals surface area contributed by atoms with Crippen molar-refractivity contribution >= 4 is 17.5 Å². The minimum Gasteiger partial charge on any atom is -0.490 e. The summed E-state index contributed by atoms with van der Waals surface area (Å²) in [6.45, 7) is 2.96. The van der Waals surface area contributed by atoms with Gasteiger partial charge >= 0.3 is 6.18 Å². The molecule has 0 aliphatic carbocycles. The molecule has 182 valence electrons. The quantitative estimate of drug-likeness (QED) is 0.532. The Hall–Kier alpha value is -3.88. The van der Waals surface area contributed by atoms with Crippen molar-refractivity contribution in [2.24, 2.45) is 0 Å². The number of carbonyl (C=O) groups excluding carboxylic acids is 2. The molecule has 1 saturated heterocycles. The van der Waals surface area contributed by atoms with Gasteiger partial charge in [-0.2, -0.15) is 13.2 Å². The van der Waals surface area contributed by atoms with Gasteiger partial charge in [-0.3, -0.25) is 14.6 Å². The van der Waals surface area contributed by atoms with Crippen molar-refractivity contribution in [2.75, 3.05) is 18.4 Å². The Morgan fingerprint density at radius 3 is 2.46 bits per heavy atom. The van der Waals surface area contributed by atoms with Crippen molar-refractivity contribution in [3.05, 3.63) is 89.2 Å². The number of carbonyl (C=O) groups is 2. The monoisotopic (exact) mass is 483 g/mol. The fraction of sp³-hybridized carbons (Fsp3) is 0.269. The number of benzene rings is 2. The first-order valence-corrected chi connectivity index (χ1v) is 11.2. The molecule has 1 fully saturated rings. The first-order valence-electron chi connectivity index (χ1n) is 11.2. The van der Waals surface area contributed by atoms with Gasteiger partial charge in [-0.15, -0.1) is 0 Å². The summed E-state index contributed by atoms with van der Waals surface area (Å²) in [6, 6.07) is 12.8. The first kappa shape index (κ1) is 24.3. The maximum absolute atomic E-state index is 13.0. The molecule has 0 spiro atoms. The van der Waals surface area contributed by atoms with Gasteiger partial charge in [-0.25, -0.2) is 0 Å². The predicted molar refractivity (Wildman–Crippen MR) is 124 cm³/mol. The number of alkyl halides is 3. The SMILES string of the molecule is Cc1ccc(NC(=O)c2cccc(C(F)(F)F)c2)cc1OC1CCN(C(=O)c2cccnc2)CC1. The normalized spacial score (nSPS) is 14.5. The molecule has 2 aromatic carbocycles. The van der Waals surface area contributed by atoms with E-state index in [1.807, 2.05) is 6.92 Å². The smallest absolute Gasteiger partial charge is 0.416 e. The number of rotatable bonds is 5. The number of hydrogen-bond acceptors (Lipinski definition) is 4. The topological polar surface area (TPSA) is 71.5 Å². The first-order chi connectivity index (χ1) is 16.7. The molecule has 4 rings (SSSR count). The van der Waals surface area contributed by atoms with E-state index in [4.69, 9.17) is 4.74 Å². The number of piperidine rings is 1. The highest BCUT2D eigenvalue weighted by Gasteiger charge is 2.31. The molecule has 2 heterocycles. The largest absolute Gasteiger partial charge is 0.490 e. The summed E-state index contributed by atoms with van der Waals surface area (Å²) in [4.78, 5) is 30.9. The van der Waals surface area contributed by atoms with E-state index in [9.17, 15) is 22.8 Å². The maximum atomic E-state index is 13.0. The van der Waals surface area contributed by atoms with E-state index >= 15 is 0 Å². The second-order valence-corrected chi connectivity index (χ2v) is 8.36. The molecule has 6 nitrogen and oxygen atoms in total. The maximum Gasteiger partial charge on any atom is 0.416 e. The number of anilines is 1. The van der Waals surface area contributed by atoms with E-state index in [1.165, 1.54) is 12.1 Å². The summed E-state index contributed by atoms with van der Waals surface area (Å²) in [6.07, 6.45) is -0.179. The van der Waals surface area contributed by atoms with Gasteiger partial charge in [-0.05, 0) is 48.9 Å². The zero-order valence-electron chi connectivity index (χ0n) is 19.0. The Morgan fingerprint density at radius 2 is 1.77 bits per heavy atom. The number of nitrogens with one attached hydrogen (secondary N) is 1. The Kier molecular flexibility index (Phi) is 7.04. The molecule has 0 saturated carbocycles. The molecule has 9 heteroatoms. The van der Waals surface area contributed by atoms with Gasteiger partial charge in [-0.1, -0.05) is 12.1 Å². The Balaban J connectivity index is 1.38. The van der Waals surface area contributed by atoms with Crippen LogP contribution >= 0.6 is 0 Å². The molecule has 35 heavy (non-hydrogen) atoms. The number of amides is 2. The summed E-state index contributed by atoms with van der Waals surface area (Å²) in [5, 5.41) is 2.64. The number of halogens is 3. The number of pyridine rings is 1. The van der Waals surface area contributed by atoms with E-state index < -0.39 is 17.6 Å². The van der Waals surface area contributed by atoms with Gasteiger partial charge in [0.05, 0.1) is 11.1 Å². The van der Waals surface area contributed by atoms with Crippen molar-refractivity contribution in [3.8, 4) is 5.75 Å². The molecule has 0 bridgehead atoms. The van der Waals surface area contributed by atoms with Crippen LogP contribution in [0.1, 0.15) is 44.7 Å². The van der Waals surface area contributed by atoms with Crippen LogP contribution in [0, 0.1) is 6.92 Å². The summed E-state index contributed by atoms with van der Waals surface area (Å²) < 4.78 is 45.0.